The van der Waals surface area contributed by atoms with Crippen LogP contribution in [0.2, 0.25) is 0 Å². The third-order valence-corrected chi connectivity index (χ3v) is 3.00. The van der Waals surface area contributed by atoms with E-state index in [-0.39, 0.29) is 5.54 Å². The molecule has 5 nitrogen and oxygen atoms in total. The number of anilines is 2. The molecule has 0 atom stereocenters. The summed E-state index contributed by atoms with van der Waals surface area (Å²) in [5, 5.41) is 7.62. The number of rotatable bonds is 2. The van der Waals surface area contributed by atoms with Crippen molar-refractivity contribution < 1.29 is 0 Å². The second-order valence-corrected chi connectivity index (χ2v) is 6.43. The molecule has 6 heteroatoms. The summed E-state index contributed by atoms with van der Waals surface area (Å²) in [7, 11) is 0. The van der Waals surface area contributed by atoms with Gasteiger partial charge >= 0.3 is 0 Å². The van der Waals surface area contributed by atoms with Crippen LogP contribution in [0.5, 0.6) is 0 Å². The van der Waals surface area contributed by atoms with Crippen LogP contribution < -0.4 is 11.1 Å². The van der Waals surface area contributed by atoms with E-state index >= 15 is 0 Å². The van der Waals surface area contributed by atoms with Crippen molar-refractivity contribution in [3.63, 3.8) is 0 Å². The van der Waals surface area contributed by atoms with Gasteiger partial charge in [0.2, 0.25) is 11.9 Å². The maximum absolute atomic E-state index is 5.94. The van der Waals surface area contributed by atoms with Crippen molar-refractivity contribution in [1.29, 1.82) is 0 Å². The van der Waals surface area contributed by atoms with Gasteiger partial charge in [-0.3, -0.25) is 0 Å². The number of nitrogens with one attached hydrogen (secondary N) is 1. The first kappa shape index (κ1) is 13.9. The smallest absolute Gasteiger partial charge is 0.244 e. The van der Waals surface area contributed by atoms with Gasteiger partial charge in [-0.2, -0.15) is 9.67 Å². The van der Waals surface area contributed by atoms with Crippen LogP contribution in [0.1, 0.15) is 26.3 Å². The Morgan fingerprint density at radius 2 is 2.00 bits per heavy atom. The molecule has 2 rings (SSSR count). The predicted molar refractivity (Wildman–Crippen MR) is 81.6 cm³/mol. The van der Waals surface area contributed by atoms with Crippen molar-refractivity contribution in [1.82, 2.24) is 14.8 Å². The molecule has 0 unspecified atom stereocenters. The lowest BCUT2D eigenvalue weighted by atomic mass is 10.1. The molecule has 102 valence electrons. The molecule has 19 heavy (non-hydrogen) atoms. The van der Waals surface area contributed by atoms with Crippen LogP contribution in [0, 0.1) is 6.92 Å². The molecule has 3 N–H and O–H groups in total. The van der Waals surface area contributed by atoms with E-state index in [0.717, 1.165) is 15.7 Å². The molecule has 0 spiro atoms. The molecule has 0 saturated carbocycles. The highest BCUT2D eigenvalue weighted by Crippen LogP contribution is 2.22. The van der Waals surface area contributed by atoms with E-state index in [0.29, 0.717) is 11.9 Å². The van der Waals surface area contributed by atoms with Crippen molar-refractivity contribution >= 4 is 27.8 Å². The Labute approximate surface area is 121 Å². The molecule has 0 bridgehead atoms. The summed E-state index contributed by atoms with van der Waals surface area (Å²) in [6.07, 6.45) is 0. The van der Waals surface area contributed by atoms with Crippen LogP contribution in [-0.2, 0) is 0 Å². The Balaban J connectivity index is 2.40. The zero-order valence-electron chi connectivity index (χ0n) is 11.5. The Bertz CT molecular complexity index is 598. The molecule has 0 radical (unpaired) electrons. The second kappa shape index (κ2) is 4.85. The van der Waals surface area contributed by atoms with E-state index in [1.54, 1.807) is 4.68 Å². The Kier molecular flexibility index (Phi) is 3.54. The van der Waals surface area contributed by atoms with Crippen molar-refractivity contribution in [3.8, 4) is 5.69 Å². The fourth-order valence-corrected chi connectivity index (χ4v) is 2.22. The first-order chi connectivity index (χ1) is 8.76. The summed E-state index contributed by atoms with van der Waals surface area (Å²) in [6.45, 7) is 8.16. The lowest BCUT2D eigenvalue weighted by Crippen LogP contribution is -2.26. The molecule has 2 aromatic rings. The van der Waals surface area contributed by atoms with Gasteiger partial charge in [-0.1, -0.05) is 15.9 Å². The molecular formula is C13H18BrN5. The van der Waals surface area contributed by atoms with Gasteiger partial charge in [0.05, 0.1) is 5.69 Å². The fourth-order valence-electron chi connectivity index (χ4n) is 1.75. The molecule has 0 aliphatic rings. The van der Waals surface area contributed by atoms with Gasteiger partial charge in [0.1, 0.15) is 0 Å². The van der Waals surface area contributed by atoms with Crippen LogP contribution >= 0.6 is 15.9 Å². The first-order valence-electron chi connectivity index (χ1n) is 6.03. The minimum Gasteiger partial charge on any atom is -0.368 e. The quantitative estimate of drug-likeness (QED) is 0.890. The van der Waals surface area contributed by atoms with Crippen molar-refractivity contribution in [2.45, 2.75) is 33.2 Å². The predicted octanol–water partition coefficient (Wildman–Crippen LogP) is 3.13. The fraction of sp³-hybridized carbons (Fsp3) is 0.385. The van der Waals surface area contributed by atoms with E-state index in [9.17, 15) is 0 Å². The van der Waals surface area contributed by atoms with E-state index in [1.165, 1.54) is 0 Å². The first-order valence-corrected chi connectivity index (χ1v) is 6.83. The van der Waals surface area contributed by atoms with Crippen LogP contribution in [0.4, 0.5) is 11.9 Å². The summed E-state index contributed by atoms with van der Waals surface area (Å²) in [5.74, 6) is 0.907. The second-order valence-electron chi connectivity index (χ2n) is 5.51. The third kappa shape index (κ3) is 3.26. The van der Waals surface area contributed by atoms with Gasteiger partial charge in [-0.05, 0) is 51.5 Å². The van der Waals surface area contributed by atoms with E-state index in [4.69, 9.17) is 5.73 Å². The largest absolute Gasteiger partial charge is 0.368 e. The molecule has 1 aromatic carbocycles. The van der Waals surface area contributed by atoms with E-state index < -0.39 is 0 Å². The molecule has 1 heterocycles. The summed E-state index contributed by atoms with van der Waals surface area (Å²) in [5.41, 5.74) is 7.84. The maximum Gasteiger partial charge on any atom is 0.244 e. The Hall–Kier alpha value is -1.56. The highest BCUT2D eigenvalue weighted by atomic mass is 79.9. The topological polar surface area (TPSA) is 68.8 Å². The number of nitrogen functional groups attached to an aromatic ring is 1. The average Bonchev–Trinajstić information content (AvgIpc) is 2.56. The summed E-state index contributed by atoms with van der Waals surface area (Å²) in [4.78, 5) is 4.24. The Morgan fingerprint density at radius 3 is 2.58 bits per heavy atom. The minimum atomic E-state index is -0.104. The van der Waals surface area contributed by atoms with Gasteiger partial charge < -0.3 is 11.1 Å². The van der Waals surface area contributed by atoms with Crippen molar-refractivity contribution in [3.05, 3.63) is 28.2 Å². The highest BCUT2D eigenvalue weighted by Gasteiger charge is 2.16. The van der Waals surface area contributed by atoms with Crippen LogP contribution in [-0.4, -0.2) is 20.3 Å². The number of hydrogen-bond donors (Lipinski definition) is 2. The SMILES string of the molecule is Cc1cc(Br)ccc1-n1nc(NC(C)(C)C)nc1N. The molecule has 0 fully saturated rings. The number of aryl methyl sites for hydroxylation is 1. The van der Waals surface area contributed by atoms with Crippen molar-refractivity contribution in [2.24, 2.45) is 0 Å². The lowest BCUT2D eigenvalue weighted by Gasteiger charge is -2.18. The Morgan fingerprint density at radius 1 is 1.32 bits per heavy atom. The number of nitrogens with two attached hydrogens (primary N) is 1. The maximum atomic E-state index is 5.94. The van der Waals surface area contributed by atoms with Crippen LogP contribution in [0.3, 0.4) is 0 Å². The standard InChI is InChI=1S/C13H18BrN5/c1-8-7-9(14)5-6-10(8)19-11(15)16-12(18-19)17-13(2,3)4/h5-7H,1-4H3,(H3,15,16,17,18). The zero-order chi connectivity index (χ0) is 14.2. The van der Waals surface area contributed by atoms with Gasteiger partial charge in [0.15, 0.2) is 0 Å². The van der Waals surface area contributed by atoms with Crippen LogP contribution in [0.15, 0.2) is 22.7 Å². The van der Waals surface area contributed by atoms with Crippen molar-refractivity contribution in [2.75, 3.05) is 11.1 Å². The molecule has 0 saturated heterocycles. The molecule has 0 aliphatic carbocycles. The van der Waals surface area contributed by atoms with Gasteiger partial charge in [-0.15, -0.1) is 5.10 Å². The highest BCUT2D eigenvalue weighted by molar-refractivity contribution is 9.10. The molecule has 0 aliphatic heterocycles. The number of aromatic nitrogens is 3. The van der Waals surface area contributed by atoms with Gasteiger partial charge in [0, 0.05) is 10.0 Å². The summed E-state index contributed by atoms with van der Waals surface area (Å²) in [6, 6.07) is 5.94. The monoisotopic (exact) mass is 323 g/mol. The zero-order valence-corrected chi connectivity index (χ0v) is 13.1. The van der Waals surface area contributed by atoms with Gasteiger partial charge in [0.25, 0.3) is 0 Å². The third-order valence-electron chi connectivity index (χ3n) is 2.51. The number of halogens is 1. The van der Waals surface area contributed by atoms with E-state index in [1.807, 2.05) is 25.1 Å². The molecular weight excluding hydrogens is 306 g/mol. The number of benzene rings is 1. The number of nitrogens with zero attached hydrogens (tertiary/aromatic N) is 3. The summed E-state index contributed by atoms with van der Waals surface area (Å²) < 4.78 is 2.68. The number of hydrogen-bond acceptors (Lipinski definition) is 4. The average molecular weight is 324 g/mol. The molecule has 0 amide bonds. The van der Waals surface area contributed by atoms with Crippen LogP contribution in [0.25, 0.3) is 5.69 Å². The summed E-state index contributed by atoms with van der Waals surface area (Å²) >= 11 is 3.44. The normalized spacial score (nSPS) is 11.6. The van der Waals surface area contributed by atoms with E-state index in [2.05, 4.69) is 52.1 Å². The molecule has 1 aromatic heterocycles. The van der Waals surface area contributed by atoms with Gasteiger partial charge in [-0.25, -0.2) is 0 Å². The minimum absolute atomic E-state index is 0.104. The lowest BCUT2D eigenvalue weighted by molar-refractivity contribution is 0.625.